The molecule has 0 saturated carbocycles. The van der Waals surface area contributed by atoms with E-state index in [1.54, 1.807) is 19.1 Å². The van der Waals surface area contributed by atoms with Gasteiger partial charge in [-0.05, 0) is 29.8 Å². The Labute approximate surface area is 143 Å². The molecule has 124 valence electrons. The summed E-state index contributed by atoms with van der Waals surface area (Å²) in [5, 5.41) is 0. The Bertz CT molecular complexity index is 929. The largest absolute Gasteiger partial charge is 0.497 e. The summed E-state index contributed by atoms with van der Waals surface area (Å²) >= 11 is 1.16. The number of hydrogen-bond acceptors (Lipinski definition) is 4. The molecule has 5 nitrogen and oxygen atoms in total. The number of hydrogen-bond donors (Lipinski definition) is 0. The second-order valence-corrected chi connectivity index (χ2v) is 6.52. The number of likely N-dealkylation sites (N-methyl/N-ethyl adjacent to an activating group) is 1. The van der Waals surface area contributed by atoms with Crippen LogP contribution in [0.4, 0.5) is 0 Å². The van der Waals surface area contributed by atoms with Gasteiger partial charge in [0.2, 0.25) is 5.91 Å². The summed E-state index contributed by atoms with van der Waals surface area (Å²) in [5.74, 6) is 0.650. The number of aromatic nitrogens is 1. The average molecular weight is 342 g/mol. The molecule has 1 aromatic heterocycles. The molecule has 0 unspecified atom stereocenters. The number of carbonyl (C=O) groups is 1. The third-order valence-electron chi connectivity index (χ3n) is 3.85. The van der Waals surface area contributed by atoms with Crippen LogP contribution in [0.1, 0.15) is 5.56 Å². The van der Waals surface area contributed by atoms with Crippen LogP contribution in [-0.2, 0) is 17.9 Å². The van der Waals surface area contributed by atoms with Crippen molar-refractivity contribution in [2.45, 2.75) is 13.1 Å². The maximum Gasteiger partial charge on any atom is 0.308 e. The van der Waals surface area contributed by atoms with E-state index in [1.165, 1.54) is 4.57 Å². The number of thiazole rings is 1. The first-order valence-corrected chi connectivity index (χ1v) is 8.35. The minimum atomic E-state index is -0.112. The van der Waals surface area contributed by atoms with Gasteiger partial charge >= 0.3 is 4.87 Å². The summed E-state index contributed by atoms with van der Waals surface area (Å²) in [7, 11) is 3.35. The first kappa shape index (κ1) is 16.3. The van der Waals surface area contributed by atoms with Crippen molar-refractivity contribution in [3.05, 3.63) is 63.8 Å². The highest BCUT2D eigenvalue weighted by atomic mass is 32.1. The number of fused-ring (bicyclic) bond motifs is 1. The molecule has 0 atom stereocenters. The van der Waals surface area contributed by atoms with Gasteiger partial charge in [0, 0.05) is 13.6 Å². The molecule has 2 aromatic carbocycles. The molecule has 0 bridgehead atoms. The smallest absolute Gasteiger partial charge is 0.308 e. The predicted octanol–water partition coefficient (Wildman–Crippen LogP) is 2.73. The summed E-state index contributed by atoms with van der Waals surface area (Å²) in [6.07, 6.45) is 0. The molecule has 0 aliphatic carbocycles. The first-order valence-electron chi connectivity index (χ1n) is 7.54. The highest BCUT2D eigenvalue weighted by Gasteiger charge is 2.14. The van der Waals surface area contributed by atoms with Crippen LogP contribution in [0, 0.1) is 0 Å². The van der Waals surface area contributed by atoms with E-state index in [0.29, 0.717) is 6.54 Å². The highest BCUT2D eigenvalue weighted by molar-refractivity contribution is 7.16. The first-order chi connectivity index (χ1) is 11.6. The quantitative estimate of drug-likeness (QED) is 0.716. The zero-order chi connectivity index (χ0) is 17.1. The van der Waals surface area contributed by atoms with Crippen molar-refractivity contribution in [2.24, 2.45) is 0 Å². The molecule has 0 N–H and O–H groups in total. The number of methoxy groups -OCH3 is 1. The Balaban J connectivity index is 1.76. The molecule has 1 heterocycles. The number of amides is 1. The van der Waals surface area contributed by atoms with Crippen LogP contribution in [0.15, 0.2) is 53.3 Å². The molecule has 0 saturated heterocycles. The Morgan fingerprint density at radius 2 is 2.00 bits per heavy atom. The van der Waals surface area contributed by atoms with Gasteiger partial charge in [0.05, 0.1) is 17.3 Å². The minimum Gasteiger partial charge on any atom is -0.497 e. The van der Waals surface area contributed by atoms with Crippen LogP contribution in [0.25, 0.3) is 10.2 Å². The van der Waals surface area contributed by atoms with Gasteiger partial charge < -0.3 is 9.64 Å². The lowest BCUT2D eigenvalue weighted by atomic mass is 10.2. The number of nitrogens with zero attached hydrogens (tertiary/aromatic N) is 2. The molecular weight excluding hydrogens is 324 g/mol. The molecule has 0 fully saturated rings. The van der Waals surface area contributed by atoms with Crippen molar-refractivity contribution in [1.29, 1.82) is 0 Å². The SMILES string of the molecule is COc1cccc(CN(C)C(=O)Cn2c(=O)sc3ccccc32)c1. The van der Waals surface area contributed by atoms with Crippen LogP contribution < -0.4 is 9.61 Å². The second-order valence-electron chi connectivity index (χ2n) is 5.52. The van der Waals surface area contributed by atoms with Gasteiger partial charge in [-0.15, -0.1) is 0 Å². The molecule has 0 aliphatic rings. The highest BCUT2D eigenvalue weighted by Crippen LogP contribution is 2.17. The van der Waals surface area contributed by atoms with Gasteiger partial charge in [0.15, 0.2) is 0 Å². The summed E-state index contributed by atoms with van der Waals surface area (Å²) in [4.78, 5) is 26.1. The summed E-state index contributed by atoms with van der Waals surface area (Å²) in [6, 6.07) is 15.1. The fourth-order valence-electron chi connectivity index (χ4n) is 2.55. The lowest BCUT2D eigenvalue weighted by Crippen LogP contribution is -2.32. The van der Waals surface area contributed by atoms with Crippen LogP contribution in [0.3, 0.4) is 0 Å². The third-order valence-corrected chi connectivity index (χ3v) is 4.81. The van der Waals surface area contributed by atoms with E-state index in [9.17, 15) is 9.59 Å². The van der Waals surface area contributed by atoms with E-state index >= 15 is 0 Å². The van der Waals surface area contributed by atoms with Crippen molar-refractivity contribution in [3.8, 4) is 5.75 Å². The fourth-order valence-corrected chi connectivity index (χ4v) is 3.44. The van der Waals surface area contributed by atoms with Crippen molar-refractivity contribution in [2.75, 3.05) is 14.2 Å². The van der Waals surface area contributed by atoms with E-state index < -0.39 is 0 Å². The predicted molar refractivity (Wildman–Crippen MR) is 95.6 cm³/mol. The van der Waals surface area contributed by atoms with Gasteiger partial charge in [-0.2, -0.15) is 0 Å². The van der Waals surface area contributed by atoms with E-state index in [1.807, 2.05) is 48.5 Å². The molecule has 3 aromatic rings. The van der Waals surface area contributed by atoms with Crippen LogP contribution in [0.5, 0.6) is 5.75 Å². The monoisotopic (exact) mass is 342 g/mol. The standard InChI is InChI=1S/C18H18N2O3S/c1-19(11-13-6-5-7-14(10-13)23-2)17(21)12-20-15-8-3-4-9-16(15)24-18(20)22/h3-10H,11-12H2,1-2H3. The molecule has 0 spiro atoms. The normalized spacial score (nSPS) is 10.8. The average Bonchev–Trinajstić information content (AvgIpc) is 2.90. The summed E-state index contributed by atoms with van der Waals surface area (Å²) < 4.78 is 7.62. The summed E-state index contributed by atoms with van der Waals surface area (Å²) in [5.41, 5.74) is 1.78. The minimum absolute atomic E-state index is 0.0450. The molecule has 0 radical (unpaired) electrons. The van der Waals surface area contributed by atoms with Gasteiger partial charge in [0.25, 0.3) is 0 Å². The van der Waals surface area contributed by atoms with Crippen LogP contribution in [-0.4, -0.2) is 29.5 Å². The summed E-state index contributed by atoms with van der Waals surface area (Å²) in [6.45, 7) is 0.510. The third kappa shape index (κ3) is 3.33. The number of carbonyl (C=O) groups excluding carboxylic acids is 1. The fraction of sp³-hybridized carbons (Fsp3) is 0.222. The number of rotatable bonds is 5. The van der Waals surface area contributed by atoms with E-state index in [4.69, 9.17) is 4.74 Å². The van der Waals surface area contributed by atoms with Crippen LogP contribution >= 0.6 is 11.3 Å². The molecule has 0 aliphatic heterocycles. The second kappa shape index (κ2) is 6.88. The molecule has 1 amide bonds. The van der Waals surface area contributed by atoms with Crippen molar-refractivity contribution < 1.29 is 9.53 Å². The Kier molecular flexibility index (Phi) is 4.66. The Morgan fingerprint density at radius 1 is 1.21 bits per heavy atom. The van der Waals surface area contributed by atoms with Crippen molar-refractivity contribution in [3.63, 3.8) is 0 Å². The van der Waals surface area contributed by atoms with Crippen molar-refractivity contribution >= 4 is 27.5 Å². The number of benzene rings is 2. The lowest BCUT2D eigenvalue weighted by molar-refractivity contribution is -0.131. The molecule has 3 rings (SSSR count). The van der Waals surface area contributed by atoms with Gasteiger partial charge in [-0.25, -0.2) is 0 Å². The van der Waals surface area contributed by atoms with Gasteiger partial charge in [0.1, 0.15) is 12.3 Å². The van der Waals surface area contributed by atoms with Gasteiger partial charge in [-0.1, -0.05) is 35.6 Å². The Hall–Kier alpha value is -2.60. The molecular formula is C18H18N2O3S. The van der Waals surface area contributed by atoms with Gasteiger partial charge in [-0.3, -0.25) is 14.2 Å². The number of ether oxygens (including phenoxy) is 1. The maximum absolute atomic E-state index is 12.5. The Morgan fingerprint density at radius 3 is 2.79 bits per heavy atom. The molecule has 6 heteroatoms. The zero-order valence-electron chi connectivity index (χ0n) is 13.6. The van der Waals surface area contributed by atoms with Crippen LogP contribution in [0.2, 0.25) is 0 Å². The maximum atomic E-state index is 12.5. The molecule has 24 heavy (non-hydrogen) atoms. The number of para-hydroxylation sites is 1. The van der Waals surface area contributed by atoms with E-state index in [0.717, 1.165) is 32.9 Å². The van der Waals surface area contributed by atoms with E-state index in [-0.39, 0.29) is 17.3 Å². The topological polar surface area (TPSA) is 51.5 Å². The lowest BCUT2D eigenvalue weighted by Gasteiger charge is -2.18. The van der Waals surface area contributed by atoms with E-state index in [2.05, 4.69) is 0 Å². The zero-order valence-corrected chi connectivity index (χ0v) is 14.4. The van der Waals surface area contributed by atoms with Crippen molar-refractivity contribution in [1.82, 2.24) is 9.47 Å².